The molecule has 0 spiro atoms. The molecule has 0 aliphatic heterocycles. The van der Waals surface area contributed by atoms with Crippen LogP contribution in [0.1, 0.15) is 46.5 Å². The summed E-state index contributed by atoms with van der Waals surface area (Å²) in [5.41, 5.74) is -2.12. The summed E-state index contributed by atoms with van der Waals surface area (Å²) in [5.74, 6) is -2.55. The fourth-order valence-corrected chi connectivity index (χ4v) is 8.95. The molecule has 6 heteroatoms. The summed E-state index contributed by atoms with van der Waals surface area (Å²) in [6.45, 7) is 5.67. The third-order valence-electron chi connectivity index (χ3n) is 7.67. The van der Waals surface area contributed by atoms with Crippen LogP contribution in [0, 0.1) is 16.7 Å². The van der Waals surface area contributed by atoms with Crippen LogP contribution in [0.5, 0.6) is 0 Å². The SMILES string of the molecule is CCCC(NC(=O)C12CCC(C(=O)C1=O)C2(C)C)P(=O)(c1ccccc1)c1ccccc1. The first-order valence-corrected chi connectivity index (χ1v) is 13.1. The molecule has 2 fully saturated rings. The zero-order valence-electron chi connectivity index (χ0n) is 18.8. The minimum atomic E-state index is -3.28. The van der Waals surface area contributed by atoms with Gasteiger partial charge in [-0.2, -0.15) is 0 Å². The summed E-state index contributed by atoms with van der Waals surface area (Å²) in [6, 6.07) is 18.5. The summed E-state index contributed by atoms with van der Waals surface area (Å²) >= 11 is 0. The predicted molar refractivity (Wildman–Crippen MR) is 126 cm³/mol. The summed E-state index contributed by atoms with van der Waals surface area (Å²) < 4.78 is 14.8. The van der Waals surface area contributed by atoms with Crippen molar-refractivity contribution in [2.24, 2.45) is 16.7 Å². The smallest absolute Gasteiger partial charge is 0.235 e. The Morgan fingerprint density at radius 1 is 1.03 bits per heavy atom. The highest BCUT2D eigenvalue weighted by Crippen LogP contribution is 2.63. The predicted octanol–water partition coefficient (Wildman–Crippen LogP) is 3.82. The van der Waals surface area contributed by atoms with Crippen LogP contribution in [0.3, 0.4) is 0 Å². The second-order valence-corrected chi connectivity index (χ2v) is 12.5. The van der Waals surface area contributed by atoms with E-state index in [0.29, 0.717) is 36.3 Å². The van der Waals surface area contributed by atoms with Crippen molar-refractivity contribution < 1.29 is 18.9 Å². The standard InChI is InChI=1S/C26H30NO4P/c1-4-11-21(27-24(30)26-17-16-20(25(26,2)3)22(28)23(26)29)32(31,18-12-7-5-8-13-18)19-14-9-6-10-15-19/h5-10,12-15,20-21H,4,11,16-17H2,1-3H3,(H,27,30). The van der Waals surface area contributed by atoms with Gasteiger partial charge in [0.25, 0.3) is 0 Å². The van der Waals surface area contributed by atoms with E-state index < -0.39 is 47.1 Å². The van der Waals surface area contributed by atoms with Crippen molar-refractivity contribution in [1.82, 2.24) is 5.32 Å². The van der Waals surface area contributed by atoms with Crippen LogP contribution in [0.15, 0.2) is 60.7 Å². The van der Waals surface area contributed by atoms with Crippen molar-refractivity contribution in [3.05, 3.63) is 60.7 Å². The van der Waals surface area contributed by atoms with Gasteiger partial charge in [0, 0.05) is 16.5 Å². The Morgan fingerprint density at radius 2 is 1.56 bits per heavy atom. The van der Waals surface area contributed by atoms with Crippen LogP contribution < -0.4 is 15.9 Å². The fourth-order valence-electron chi connectivity index (χ4n) is 5.78. The molecule has 1 N–H and O–H groups in total. The average molecular weight is 452 g/mol. The van der Waals surface area contributed by atoms with E-state index in [0.717, 1.165) is 0 Å². The monoisotopic (exact) mass is 451 g/mol. The molecule has 4 rings (SSSR count). The van der Waals surface area contributed by atoms with Crippen LogP contribution in [0.4, 0.5) is 0 Å². The maximum Gasteiger partial charge on any atom is 0.235 e. The Balaban J connectivity index is 1.79. The minimum absolute atomic E-state index is 0.362. The molecule has 5 nitrogen and oxygen atoms in total. The van der Waals surface area contributed by atoms with Gasteiger partial charge in [0.1, 0.15) is 5.41 Å². The molecule has 3 atom stereocenters. The van der Waals surface area contributed by atoms with E-state index in [9.17, 15) is 18.9 Å². The van der Waals surface area contributed by atoms with E-state index in [2.05, 4.69) is 5.32 Å². The van der Waals surface area contributed by atoms with Gasteiger partial charge in [-0.05, 0) is 24.7 Å². The molecule has 2 aliphatic rings. The average Bonchev–Trinajstić information content (AvgIpc) is 3.16. The van der Waals surface area contributed by atoms with Crippen molar-refractivity contribution in [2.75, 3.05) is 0 Å². The topological polar surface area (TPSA) is 80.3 Å². The molecule has 1 amide bonds. The van der Waals surface area contributed by atoms with Crippen molar-refractivity contribution >= 4 is 35.2 Å². The lowest BCUT2D eigenvalue weighted by Gasteiger charge is -2.37. The Morgan fingerprint density at radius 3 is 2.00 bits per heavy atom. The zero-order chi connectivity index (χ0) is 23.1. The fraction of sp³-hybridized carbons (Fsp3) is 0.423. The number of fused-ring (bicyclic) bond motifs is 2. The molecule has 0 heterocycles. The number of benzene rings is 2. The van der Waals surface area contributed by atoms with Crippen LogP contribution in [0.2, 0.25) is 0 Å². The molecular weight excluding hydrogens is 421 g/mol. The van der Waals surface area contributed by atoms with E-state index in [4.69, 9.17) is 0 Å². The molecule has 0 aromatic heterocycles. The summed E-state index contributed by atoms with van der Waals surface area (Å²) in [7, 11) is -3.28. The van der Waals surface area contributed by atoms with Gasteiger partial charge in [0.2, 0.25) is 17.5 Å². The van der Waals surface area contributed by atoms with Crippen LogP contribution in [-0.2, 0) is 18.9 Å². The Bertz CT molecular complexity index is 1050. The molecule has 2 aliphatic carbocycles. The second-order valence-electron chi connectivity index (χ2n) is 9.52. The van der Waals surface area contributed by atoms with Crippen molar-refractivity contribution in [1.29, 1.82) is 0 Å². The molecule has 0 saturated heterocycles. The van der Waals surface area contributed by atoms with E-state index in [-0.39, 0.29) is 0 Å². The lowest BCUT2D eigenvalue weighted by Crippen LogP contribution is -2.53. The van der Waals surface area contributed by atoms with E-state index in [1.165, 1.54) is 0 Å². The van der Waals surface area contributed by atoms with Gasteiger partial charge in [-0.15, -0.1) is 0 Å². The van der Waals surface area contributed by atoms with Crippen molar-refractivity contribution in [3.8, 4) is 0 Å². The highest BCUT2D eigenvalue weighted by atomic mass is 31.2. The van der Waals surface area contributed by atoms with Gasteiger partial charge in [-0.3, -0.25) is 14.4 Å². The third-order valence-corrected chi connectivity index (χ3v) is 11.1. The number of hydrogen-bond acceptors (Lipinski definition) is 4. The van der Waals surface area contributed by atoms with Gasteiger partial charge >= 0.3 is 0 Å². The van der Waals surface area contributed by atoms with Gasteiger partial charge in [0.05, 0.1) is 5.78 Å². The van der Waals surface area contributed by atoms with Crippen LogP contribution >= 0.6 is 7.14 Å². The Labute approximate surface area is 189 Å². The Kier molecular flexibility index (Phi) is 5.75. The van der Waals surface area contributed by atoms with E-state index in [1.807, 2.05) is 81.4 Å². The summed E-state index contributed by atoms with van der Waals surface area (Å²) in [6.07, 6.45) is 2.11. The molecule has 2 aromatic carbocycles. The van der Waals surface area contributed by atoms with Crippen LogP contribution in [-0.4, -0.2) is 23.3 Å². The molecule has 168 valence electrons. The Hall–Kier alpha value is -2.52. The number of carbonyl (C=O) groups excluding carboxylic acids is 3. The molecular formula is C26H30NO4P. The number of rotatable bonds is 7. The number of amides is 1. The summed E-state index contributed by atoms with van der Waals surface area (Å²) in [4.78, 5) is 39.3. The number of nitrogens with one attached hydrogen (secondary N) is 1. The first-order valence-electron chi connectivity index (χ1n) is 11.3. The lowest BCUT2D eigenvalue weighted by atomic mass is 9.68. The molecule has 2 bridgehead atoms. The second kappa shape index (κ2) is 8.12. The normalized spacial score (nSPS) is 25.0. The maximum absolute atomic E-state index is 14.8. The number of ketones is 2. The van der Waals surface area contributed by atoms with Crippen molar-refractivity contribution in [2.45, 2.75) is 52.2 Å². The van der Waals surface area contributed by atoms with Gasteiger partial charge in [0.15, 0.2) is 7.14 Å². The third kappa shape index (κ3) is 3.05. The molecule has 3 unspecified atom stereocenters. The van der Waals surface area contributed by atoms with Gasteiger partial charge < -0.3 is 9.88 Å². The lowest BCUT2D eigenvalue weighted by molar-refractivity contribution is -0.149. The van der Waals surface area contributed by atoms with Gasteiger partial charge in [-0.25, -0.2) is 0 Å². The number of Topliss-reactive ketones (excluding diaryl/α,β-unsaturated/α-hetero) is 2. The first-order chi connectivity index (χ1) is 15.2. The highest BCUT2D eigenvalue weighted by Gasteiger charge is 2.72. The molecule has 2 aromatic rings. The minimum Gasteiger partial charge on any atom is -0.345 e. The highest BCUT2D eigenvalue weighted by molar-refractivity contribution is 7.79. The van der Waals surface area contributed by atoms with E-state index >= 15 is 0 Å². The quantitative estimate of drug-likeness (QED) is 0.394. The summed E-state index contributed by atoms with van der Waals surface area (Å²) in [5, 5.41) is 4.38. The number of hydrogen-bond donors (Lipinski definition) is 1. The van der Waals surface area contributed by atoms with E-state index in [1.54, 1.807) is 0 Å². The first kappa shape index (κ1) is 22.7. The largest absolute Gasteiger partial charge is 0.345 e. The maximum atomic E-state index is 14.8. The van der Waals surface area contributed by atoms with Crippen LogP contribution in [0.25, 0.3) is 0 Å². The molecule has 2 saturated carbocycles. The molecule has 32 heavy (non-hydrogen) atoms. The number of carbonyl (C=O) groups is 3. The zero-order valence-corrected chi connectivity index (χ0v) is 19.7. The van der Waals surface area contributed by atoms with Crippen molar-refractivity contribution in [3.63, 3.8) is 0 Å². The molecule has 0 radical (unpaired) electrons. The van der Waals surface area contributed by atoms with Gasteiger partial charge in [-0.1, -0.05) is 87.9 Å².